The van der Waals surface area contributed by atoms with Crippen molar-refractivity contribution < 1.29 is 24.3 Å². The maximum atomic E-state index is 12.4. The van der Waals surface area contributed by atoms with Crippen LogP contribution in [0.25, 0.3) is 0 Å². The van der Waals surface area contributed by atoms with Gasteiger partial charge in [-0.3, -0.25) is 14.5 Å². The normalized spacial score (nSPS) is 25.5. The molecule has 0 spiro atoms. The van der Waals surface area contributed by atoms with E-state index in [2.05, 4.69) is 10.6 Å². The molecular formula is C15H23N3O5. The Kier molecular flexibility index (Phi) is 4.63. The van der Waals surface area contributed by atoms with E-state index in [1.165, 1.54) is 0 Å². The van der Waals surface area contributed by atoms with Crippen LogP contribution in [0.5, 0.6) is 0 Å². The van der Waals surface area contributed by atoms with Crippen molar-refractivity contribution in [2.45, 2.75) is 51.6 Å². The first-order valence-corrected chi connectivity index (χ1v) is 7.81. The Labute approximate surface area is 134 Å². The van der Waals surface area contributed by atoms with Crippen molar-refractivity contribution >= 4 is 23.8 Å². The van der Waals surface area contributed by atoms with Gasteiger partial charge in [-0.1, -0.05) is 13.8 Å². The predicted octanol–water partition coefficient (Wildman–Crippen LogP) is 0.322. The van der Waals surface area contributed by atoms with Gasteiger partial charge in [0, 0.05) is 0 Å². The van der Waals surface area contributed by atoms with E-state index in [0.717, 1.165) is 17.7 Å². The molecule has 1 saturated heterocycles. The van der Waals surface area contributed by atoms with Gasteiger partial charge in [0.15, 0.2) is 0 Å². The van der Waals surface area contributed by atoms with Gasteiger partial charge in [0.2, 0.25) is 5.91 Å². The highest BCUT2D eigenvalue weighted by molar-refractivity contribution is 6.09. The summed E-state index contributed by atoms with van der Waals surface area (Å²) in [6.45, 7) is 4.90. The molecule has 1 heterocycles. The number of hydrogen-bond donors (Lipinski definition) is 3. The smallest absolute Gasteiger partial charge is 0.326 e. The Balaban J connectivity index is 1.98. The lowest BCUT2D eigenvalue weighted by Crippen LogP contribution is -2.49. The number of carbonyl (C=O) groups is 4. The molecule has 8 heteroatoms. The van der Waals surface area contributed by atoms with Crippen LogP contribution >= 0.6 is 0 Å². The molecule has 0 radical (unpaired) electrons. The van der Waals surface area contributed by atoms with Crippen LogP contribution in [0.4, 0.5) is 4.79 Å². The first-order chi connectivity index (χ1) is 10.6. The highest BCUT2D eigenvalue weighted by atomic mass is 16.4. The van der Waals surface area contributed by atoms with E-state index in [9.17, 15) is 19.2 Å². The van der Waals surface area contributed by atoms with Gasteiger partial charge in [-0.2, -0.15) is 0 Å². The van der Waals surface area contributed by atoms with Crippen molar-refractivity contribution in [3.8, 4) is 0 Å². The molecule has 0 unspecified atom stereocenters. The molecule has 4 amide bonds. The Morgan fingerprint density at radius 1 is 1.39 bits per heavy atom. The maximum Gasteiger partial charge on any atom is 0.326 e. The molecule has 0 bridgehead atoms. The van der Waals surface area contributed by atoms with Crippen LogP contribution in [-0.4, -0.2) is 51.9 Å². The first kappa shape index (κ1) is 17.2. The fraction of sp³-hybridized carbons (Fsp3) is 0.733. The summed E-state index contributed by atoms with van der Waals surface area (Å²) in [6, 6.07) is -1.63. The van der Waals surface area contributed by atoms with Crippen LogP contribution in [0, 0.1) is 11.8 Å². The van der Waals surface area contributed by atoms with E-state index >= 15 is 0 Å². The van der Waals surface area contributed by atoms with Crippen molar-refractivity contribution in [1.29, 1.82) is 0 Å². The maximum absolute atomic E-state index is 12.4. The average Bonchev–Trinajstić information content (AvgIpc) is 3.24. The van der Waals surface area contributed by atoms with E-state index in [-0.39, 0.29) is 18.3 Å². The van der Waals surface area contributed by atoms with Gasteiger partial charge in [0.25, 0.3) is 5.91 Å². The van der Waals surface area contributed by atoms with E-state index < -0.39 is 41.9 Å². The third-order valence-corrected chi connectivity index (χ3v) is 4.34. The highest BCUT2D eigenvalue weighted by Crippen LogP contribution is 2.42. The Bertz CT molecular complexity index is 543. The highest BCUT2D eigenvalue weighted by Gasteiger charge is 2.56. The molecule has 0 aromatic heterocycles. The van der Waals surface area contributed by atoms with Crippen LogP contribution in [0.3, 0.4) is 0 Å². The summed E-state index contributed by atoms with van der Waals surface area (Å²) in [5.41, 5.74) is -0.943. The van der Waals surface area contributed by atoms with Gasteiger partial charge >= 0.3 is 12.0 Å². The lowest BCUT2D eigenvalue weighted by Gasteiger charge is -2.21. The molecule has 2 atom stereocenters. The molecule has 2 fully saturated rings. The average molecular weight is 325 g/mol. The zero-order chi connectivity index (χ0) is 17.4. The lowest BCUT2D eigenvalue weighted by molar-refractivity contribution is -0.142. The molecule has 0 aromatic carbocycles. The molecule has 1 aliphatic carbocycles. The SMILES string of the molecule is CC(C)C[C@@H](NC(=O)CN1C(=O)N[C@](C)(C2CC2)C1=O)C(=O)O. The number of aliphatic carboxylic acids is 1. The van der Waals surface area contributed by atoms with Crippen molar-refractivity contribution in [1.82, 2.24) is 15.5 Å². The molecule has 8 nitrogen and oxygen atoms in total. The summed E-state index contributed by atoms with van der Waals surface area (Å²) >= 11 is 0. The standard InChI is InChI=1S/C15H23N3O5/c1-8(2)6-10(12(20)21)16-11(19)7-18-13(22)15(3,9-4-5-9)17-14(18)23/h8-10H,4-7H2,1-3H3,(H,16,19)(H,17,23)(H,20,21)/t10-,15-/m1/s1. The minimum atomic E-state index is -1.13. The summed E-state index contributed by atoms with van der Waals surface area (Å²) in [7, 11) is 0. The van der Waals surface area contributed by atoms with Crippen molar-refractivity contribution in [2.75, 3.05) is 6.54 Å². The molecular weight excluding hydrogens is 302 g/mol. The number of hydrogen-bond acceptors (Lipinski definition) is 4. The van der Waals surface area contributed by atoms with Crippen LogP contribution in [0.1, 0.15) is 40.0 Å². The molecule has 3 N–H and O–H groups in total. The van der Waals surface area contributed by atoms with Gasteiger partial charge in [0.05, 0.1) is 0 Å². The number of carbonyl (C=O) groups excluding carboxylic acids is 3. The number of urea groups is 1. The second-order valence-corrected chi connectivity index (χ2v) is 6.89. The molecule has 23 heavy (non-hydrogen) atoms. The molecule has 1 saturated carbocycles. The van der Waals surface area contributed by atoms with Crippen molar-refractivity contribution in [3.63, 3.8) is 0 Å². The number of nitrogens with zero attached hydrogens (tertiary/aromatic N) is 1. The van der Waals surface area contributed by atoms with Crippen LogP contribution in [0.15, 0.2) is 0 Å². The Hall–Kier alpha value is -2.12. The van der Waals surface area contributed by atoms with Gasteiger partial charge in [-0.15, -0.1) is 0 Å². The molecule has 2 aliphatic rings. The van der Waals surface area contributed by atoms with Crippen LogP contribution in [-0.2, 0) is 14.4 Å². The monoisotopic (exact) mass is 325 g/mol. The van der Waals surface area contributed by atoms with Crippen molar-refractivity contribution in [2.24, 2.45) is 11.8 Å². The summed E-state index contributed by atoms with van der Waals surface area (Å²) < 4.78 is 0. The first-order valence-electron chi connectivity index (χ1n) is 7.81. The largest absolute Gasteiger partial charge is 0.480 e. The zero-order valence-electron chi connectivity index (χ0n) is 13.6. The fourth-order valence-electron chi connectivity index (χ4n) is 2.87. The third-order valence-electron chi connectivity index (χ3n) is 4.34. The Morgan fingerprint density at radius 2 is 2.00 bits per heavy atom. The van der Waals surface area contributed by atoms with Gasteiger partial charge < -0.3 is 15.7 Å². The summed E-state index contributed by atoms with van der Waals surface area (Å²) in [4.78, 5) is 48.4. The summed E-state index contributed by atoms with van der Waals surface area (Å²) in [5.74, 6) is -2.00. The predicted molar refractivity (Wildman–Crippen MR) is 80.4 cm³/mol. The van der Waals surface area contributed by atoms with Gasteiger partial charge in [-0.25, -0.2) is 9.59 Å². The van der Waals surface area contributed by atoms with E-state index in [4.69, 9.17) is 5.11 Å². The minimum absolute atomic E-state index is 0.0891. The number of imide groups is 1. The third kappa shape index (κ3) is 3.62. The number of nitrogens with one attached hydrogen (secondary N) is 2. The van der Waals surface area contributed by atoms with E-state index in [1.54, 1.807) is 6.92 Å². The number of amides is 4. The lowest BCUT2D eigenvalue weighted by atomic mass is 9.96. The zero-order valence-corrected chi connectivity index (χ0v) is 13.6. The van der Waals surface area contributed by atoms with E-state index in [1.807, 2.05) is 13.8 Å². The fourth-order valence-corrected chi connectivity index (χ4v) is 2.87. The van der Waals surface area contributed by atoms with Crippen molar-refractivity contribution in [3.05, 3.63) is 0 Å². The second kappa shape index (κ2) is 6.17. The summed E-state index contributed by atoms with van der Waals surface area (Å²) in [6.07, 6.45) is 2.02. The quantitative estimate of drug-likeness (QED) is 0.583. The van der Waals surface area contributed by atoms with Crippen LogP contribution < -0.4 is 10.6 Å². The number of carboxylic acids is 1. The van der Waals surface area contributed by atoms with E-state index in [0.29, 0.717) is 0 Å². The number of carboxylic acid groups (broad SMARTS) is 1. The molecule has 2 rings (SSSR count). The Morgan fingerprint density at radius 3 is 2.48 bits per heavy atom. The second-order valence-electron chi connectivity index (χ2n) is 6.89. The van der Waals surface area contributed by atoms with Crippen LogP contribution in [0.2, 0.25) is 0 Å². The molecule has 128 valence electrons. The topological polar surface area (TPSA) is 116 Å². The molecule has 1 aliphatic heterocycles. The minimum Gasteiger partial charge on any atom is -0.480 e. The number of rotatable bonds is 7. The van der Waals surface area contributed by atoms with Gasteiger partial charge in [-0.05, 0) is 38.0 Å². The van der Waals surface area contributed by atoms with Gasteiger partial charge in [0.1, 0.15) is 18.1 Å². The summed E-state index contributed by atoms with van der Waals surface area (Å²) in [5, 5.41) is 14.1. The molecule has 0 aromatic rings.